The van der Waals surface area contributed by atoms with E-state index in [1.807, 2.05) is 0 Å². The van der Waals surface area contributed by atoms with Crippen LogP contribution in [0.15, 0.2) is 18.2 Å². The van der Waals surface area contributed by atoms with Gasteiger partial charge in [-0.1, -0.05) is 18.2 Å². The van der Waals surface area contributed by atoms with Crippen LogP contribution in [0.2, 0.25) is 0 Å². The third-order valence-corrected chi connectivity index (χ3v) is 1.71. The van der Waals surface area contributed by atoms with Gasteiger partial charge in [0.2, 0.25) is 0 Å². The van der Waals surface area contributed by atoms with Crippen LogP contribution in [0.3, 0.4) is 0 Å². The lowest BCUT2D eigenvalue weighted by molar-refractivity contribution is 0.274. The summed E-state index contributed by atoms with van der Waals surface area (Å²) in [5, 5.41) is 17.6. The van der Waals surface area contributed by atoms with Gasteiger partial charge in [0.05, 0.1) is 13.2 Å². The van der Waals surface area contributed by atoms with Crippen LogP contribution in [0.4, 0.5) is 0 Å². The van der Waals surface area contributed by atoms with Crippen molar-refractivity contribution in [3.8, 4) is 0 Å². The Labute approximate surface area is 66.1 Å². The second kappa shape index (κ2) is 3.51. The zero-order chi connectivity index (χ0) is 8.27. The topological polar surface area (TPSA) is 40.5 Å². The Bertz CT molecular complexity index is 221. The lowest BCUT2D eigenvalue weighted by Crippen LogP contribution is -1.94. The molecule has 1 aromatic rings. The van der Waals surface area contributed by atoms with Gasteiger partial charge in [-0.15, -0.1) is 0 Å². The summed E-state index contributed by atoms with van der Waals surface area (Å²) in [6, 6.07) is 5.38. The maximum atomic E-state index is 8.82. The average Bonchev–Trinajstić information content (AvgIpc) is 2.05. The van der Waals surface area contributed by atoms with Crippen molar-refractivity contribution < 1.29 is 10.2 Å². The molecule has 1 aromatic carbocycles. The van der Waals surface area contributed by atoms with Gasteiger partial charge in [-0.05, 0) is 23.6 Å². The van der Waals surface area contributed by atoms with Crippen LogP contribution in [0, 0.1) is 6.92 Å². The molecule has 0 spiro atoms. The Morgan fingerprint density at radius 1 is 1.09 bits per heavy atom. The zero-order valence-electron chi connectivity index (χ0n) is 6.25. The van der Waals surface area contributed by atoms with Crippen LogP contribution in [-0.4, -0.2) is 10.2 Å². The third-order valence-electron chi connectivity index (χ3n) is 1.71. The Kier molecular flexibility index (Phi) is 2.63. The molecule has 1 radical (unpaired) electrons. The highest BCUT2D eigenvalue weighted by atomic mass is 16.3. The van der Waals surface area contributed by atoms with Crippen molar-refractivity contribution in [2.24, 2.45) is 0 Å². The number of hydrogen-bond donors (Lipinski definition) is 2. The molecule has 2 heteroatoms. The molecule has 0 unspecified atom stereocenters. The van der Waals surface area contributed by atoms with E-state index < -0.39 is 0 Å². The van der Waals surface area contributed by atoms with Crippen molar-refractivity contribution in [1.82, 2.24) is 0 Å². The van der Waals surface area contributed by atoms with Crippen LogP contribution in [0.1, 0.15) is 16.7 Å². The van der Waals surface area contributed by atoms with Crippen LogP contribution in [0.25, 0.3) is 0 Å². The largest absolute Gasteiger partial charge is 0.392 e. The number of rotatable bonds is 2. The van der Waals surface area contributed by atoms with Gasteiger partial charge in [-0.2, -0.15) is 0 Å². The number of benzene rings is 1. The molecule has 0 bridgehead atoms. The van der Waals surface area contributed by atoms with Crippen LogP contribution < -0.4 is 0 Å². The van der Waals surface area contributed by atoms with Crippen molar-refractivity contribution in [2.45, 2.75) is 13.2 Å². The van der Waals surface area contributed by atoms with Gasteiger partial charge >= 0.3 is 0 Å². The average molecular weight is 151 g/mol. The Hall–Kier alpha value is -0.860. The normalized spacial score (nSPS) is 10.1. The second-order valence-electron chi connectivity index (χ2n) is 2.37. The lowest BCUT2D eigenvalue weighted by atomic mass is 10.0. The lowest BCUT2D eigenvalue weighted by Gasteiger charge is -2.05. The number of hydrogen-bond acceptors (Lipinski definition) is 2. The maximum Gasteiger partial charge on any atom is 0.0684 e. The Balaban J connectivity index is 3.10. The third kappa shape index (κ3) is 1.59. The first-order chi connectivity index (χ1) is 5.29. The van der Waals surface area contributed by atoms with Crippen molar-refractivity contribution in [2.75, 3.05) is 0 Å². The molecule has 0 amide bonds. The molecule has 0 aliphatic rings. The van der Waals surface area contributed by atoms with E-state index in [-0.39, 0.29) is 13.2 Å². The summed E-state index contributed by atoms with van der Waals surface area (Å²) in [7, 11) is 0. The van der Waals surface area contributed by atoms with Gasteiger partial charge < -0.3 is 10.2 Å². The summed E-state index contributed by atoms with van der Waals surface area (Å²) in [4.78, 5) is 0. The standard InChI is InChI=1S/C9H11O2/c1-7-8(5-10)3-2-4-9(7)6-11/h2-4,10-11H,1,5-6H2. The molecule has 2 N–H and O–H groups in total. The van der Waals surface area contributed by atoms with E-state index in [1.165, 1.54) is 0 Å². The van der Waals surface area contributed by atoms with Gasteiger partial charge in [-0.3, -0.25) is 0 Å². The minimum atomic E-state index is -0.0212. The summed E-state index contributed by atoms with van der Waals surface area (Å²) >= 11 is 0. The summed E-state index contributed by atoms with van der Waals surface area (Å²) in [5.74, 6) is 0. The first-order valence-electron chi connectivity index (χ1n) is 3.44. The monoisotopic (exact) mass is 151 g/mol. The van der Waals surface area contributed by atoms with Crippen molar-refractivity contribution in [1.29, 1.82) is 0 Å². The summed E-state index contributed by atoms with van der Waals surface area (Å²) in [6.07, 6.45) is 0. The van der Waals surface area contributed by atoms with Gasteiger partial charge in [0.25, 0.3) is 0 Å². The molecule has 11 heavy (non-hydrogen) atoms. The molecule has 0 aromatic heterocycles. The molecule has 2 nitrogen and oxygen atoms in total. The smallest absolute Gasteiger partial charge is 0.0684 e. The van der Waals surface area contributed by atoms with Crippen LogP contribution in [0.5, 0.6) is 0 Å². The summed E-state index contributed by atoms with van der Waals surface area (Å²) < 4.78 is 0. The minimum absolute atomic E-state index is 0.0212. The summed E-state index contributed by atoms with van der Waals surface area (Å²) in [5.41, 5.74) is 2.28. The molecular formula is C9H11O2. The highest BCUT2D eigenvalue weighted by molar-refractivity contribution is 5.36. The molecule has 0 aliphatic heterocycles. The fourth-order valence-electron chi connectivity index (χ4n) is 0.984. The number of aliphatic hydroxyl groups is 2. The molecule has 0 saturated carbocycles. The summed E-state index contributed by atoms with van der Waals surface area (Å²) in [6.45, 7) is 3.70. The molecule has 0 saturated heterocycles. The van der Waals surface area contributed by atoms with Crippen molar-refractivity contribution in [3.63, 3.8) is 0 Å². The second-order valence-corrected chi connectivity index (χ2v) is 2.37. The molecule has 1 rings (SSSR count). The molecule has 0 atom stereocenters. The van der Waals surface area contributed by atoms with Crippen molar-refractivity contribution in [3.05, 3.63) is 41.8 Å². The predicted octanol–water partition coefficient (Wildman–Crippen LogP) is 0.853. The van der Waals surface area contributed by atoms with Crippen LogP contribution in [-0.2, 0) is 13.2 Å². The quantitative estimate of drug-likeness (QED) is 0.658. The first-order valence-corrected chi connectivity index (χ1v) is 3.44. The fourth-order valence-corrected chi connectivity index (χ4v) is 0.984. The molecule has 0 fully saturated rings. The fraction of sp³-hybridized carbons (Fsp3) is 0.222. The van der Waals surface area contributed by atoms with Gasteiger partial charge in [0, 0.05) is 0 Å². The van der Waals surface area contributed by atoms with Gasteiger partial charge in [0.15, 0.2) is 0 Å². The number of aliphatic hydroxyl groups excluding tert-OH is 2. The van der Waals surface area contributed by atoms with E-state index in [9.17, 15) is 0 Å². The minimum Gasteiger partial charge on any atom is -0.392 e. The SMILES string of the molecule is [CH2]c1c(CO)cccc1CO. The van der Waals surface area contributed by atoms with Crippen LogP contribution >= 0.6 is 0 Å². The highest BCUT2D eigenvalue weighted by Gasteiger charge is 2.00. The van der Waals surface area contributed by atoms with Gasteiger partial charge in [0.1, 0.15) is 0 Å². The highest BCUT2D eigenvalue weighted by Crippen LogP contribution is 2.13. The van der Waals surface area contributed by atoms with E-state index in [4.69, 9.17) is 10.2 Å². The van der Waals surface area contributed by atoms with E-state index in [2.05, 4.69) is 6.92 Å². The van der Waals surface area contributed by atoms with E-state index >= 15 is 0 Å². The molecule has 0 aliphatic carbocycles. The predicted molar refractivity (Wildman–Crippen MR) is 42.7 cm³/mol. The first kappa shape index (κ1) is 8.24. The molecule has 0 heterocycles. The Morgan fingerprint density at radius 3 is 1.91 bits per heavy atom. The van der Waals surface area contributed by atoms with E-state index in [1.54, 1.807) is 18.2 Å². The van der Waals surface area contributed by atoms with Crippen molar-refractivity contribution >= 4 is 0 Å². The zero-order valence-corrected chi connectivity index (χ0v) is 6.25. The van der Waals surface area contributed by atoms with Gasteiger partial charge in [-0.25, -0.2) is 0 Å². The molecular weight excluding hydrogens is 140 g/mol. The Morgan fingerprint density at radius 2 is 1.55 bits per heavy atom. The maximum absolute atomic E-state index is 8.82. The molecule has 59 valence electrons. The van der Waals surface area contributed by atoms with E-state index in [0.29, 0.717) is 0 Å². The van der Waals surface area contributed by atoms with E-state index in [0.717, 1.165) is 16.7 Å².